The molecule has 0 fully saturated rings. The summed E-state index contributed by atoms with van der Waals surface area (Å²) in [6.07, 6.45) is 0.281. The van der Waals surface area contributed by atoms with Crippen molar-refractivity contribution in [2.45, 2.75) is 13.3 Å². The van der Waals surface area contributed by atoms with Crippen LogP contribution in [0.15, 0.2) is 35.4 Å². The van der Waals surface area contributed by atoms with E-state index in [0.29, 0.717) is 0 Å². The van der Waals surface area contributed by atoms with Gasteiger partial charge in [0.05, 0.1) is 5.69 Å². The van der Waals surface area contributed by atoms with Gasteiger partial charge < -0.3 is 0 Å². The number of para-hydroxylation sites is 1. The van der Waals surface area contributed by atoms with Gasteiger partial charge >= 0.3 is 0 Å². The summed E-state index contributed by atoms with van der Waals surface area (Å²) < 4.78 is 0. The number of benzene rings is 1. The number of ketones is 1. The van der Waals surface area contributed by atoms with Crippen molar-refractivity contribution in [3.63, 3.8) is 0 Å². The Morgan fingerprint density at radius 1 is 1.47 bits per heavy atom. The molecule has 0 aliphatic heterocycles. The number of Topliss-reactive ketones (excluding diaryl/α,β-unsaturated/α-hetero) is 1. The van der Waals surface area contributed by atoms with E-state index >= 15 is 0 Å². The van der Waals surface area contributed by atoms with Crippen LogP contribution in [0.25, 0.3) is 0 Å². The summed E-state index contributed by atoms with van der Waals surface area (Å²) in [6, 6.07) is 10.9. The topological polar surface area (TPSA) is 65.2 Å². The van der Waals surface area contributed by atoms with E-state index in [1.54, 1.807) is 25.1 Å². The minimum atomic E-state index is -0.263. The van der Waals surface area contributed by atoms with Crippen LogP contribution in [0.1, 0.15) is 13.3 Å². The van der Waals surface area contributed by atoms with Crippen molar-refractivity contribution in [2.24, 2.45) is 5.10 Å². The van der Waals surface area contributed by atoms with Gasteiger partial charge in [0.15, 0.2) is 5.78 Å². The summed E-state index contributed by atoms with van der Waals surface area (Å²) in [5.74, 6) is -0.263. The first-order valence-electron chi connectivity index (χ1n) is 4.60. The predicted molar refractivity (Wildman–Crippen MR) is 58.4 cm³/mol. The van der Waals surface area contributed by atoms with Crippen LogP contribution in [0, 0.1) is 11.3 Å². The highest BCUT2D eigenvalue weighted by Crippen LogP contribution is 2.04. The van der Waals surface area contributed by atoms with E-state index in [-0.39, 0.29) is 17.9 Å². The van der Waals surface area contributed by atoms with Crippen LogP contribution in [-0.2, 0) is 4.79 Å². The van der Waals surface area contributed by atoms with Gasteiger partial charge in [0.1, 0.15) is 6.07 Å². The van der Waals surface area contributed by atoms with Gasteiger partial charge in [-0.25, -0.2) is 0 Å². The number of hydrazone groups is 1. The molecular formula is C11H11N3O. The number of anilines is 1. The van der Waals surface area contributed by atoms with Crippen LogP contribution in [0.2, 0.25) is 0 Å². The molecule has 0 saturated carbocycles. The molecule has 0 saturated heterocycles. The fourth-order valence-corrected chi connectivity index (χ4v) is 0.950. The second kappa shape index (κ2) is 5.55. The molecule has 0 unspecified atom stereocenters. The summed E-state index contributed by atoms with van der Waals surface area (Å²) in [7, 11) is 0. The summed E-state index contributed by atoms with van der Waals surface area (Å²) in [4.78, 5) is 11.2. The highest BCUT2D eigenvalue weighted by Gasteiger charge is 2.07. The molecule has 15 heavy (non-hydrogen) atoms. The first kappa shape index (κ1) is 10.9. The minimum Gasteiger partial charge on any atom is -0.292 e. The second-order valence-electron chi connectivity index (χ2n) is 2.83. The standard InChI is InChI=1S/C11H11N3O/c1-2-11(15)10(8-12)14-13-9-6-4-3-5-7-9/h3-7,13H,2H2,1H3. The molecule has 4 heteroatoms. The molecule has 4 nitrogen and oxygen atoms in total. The molecular weight excluding hydrogens is 190 g/mol. The van der Waals surface area contributed by atoms with Gasteiger partial charge in [-0.15, -0.1) is 0 Å². The number of rotatable bonds is 4. The zero-order valence-corrected chi connectivity index (χ0v) is 8.40. The lowest BCUT2D eigenvalue weighted by Gasteiger charge is -1.99. The maximum Gasteiger partial charge on any atom is 0.203 e. The summed E-state index contributed by atoms with van der Waals surface area (Å²) in [6.45, 7) is 1.69. The number of nitrogens with one attached hydrogen (secondary N) is 1. The van der Waals surface area contributed by atoms with Crippen molar-refractivity contribution in [3.8, 4) is 6.07 Å². The van der Waals surface area contributed by atoms with Crippen LogP contribution < -0.4 is 5.43 Å². The molecule has 1 aromatic carbocycles. The Kier molecular flexibility index (Phi) is 4.05. The summed E-state index contributed by atoms with van der Waals surface area (Å²) in [5.41, 5.74) is 3.30. The van der Waals surface area contributed by atoms with Gasteiger partial charge in [0.2, 0.25) is 5.71 Å². The Morgan fingerprint density at radius 3 is 2.67 bits per heavy atom. The highest BCUT2D eigenvalue weighted by molar-refractivity contribution is 6.46. The molecule has 0 aromatic heterocycles. The van der Waals surface area contributed by atoms with E-state index in [1.807, 2.05) is 18.2 Å². The van der Waals surface area contributed by atoms with Gasteiger partial charge in [0.25, 0.3) is 0 Å². The normalized spacial score (nSPS) is 10.5. The molecule has 0 aliphatic rings. The first-order valence-corrected chi connectivity index (χ1v) is 4.60. The lowest BCUT2D eigenvalue weighted by molar-refractivity contribution is -0.112. The lowest BCUT2D eigenvalue weighted by atomic mass is 10.2. The zero-order valence-electron chi connectivity index (χ0n) is 8.40. The van der Waals surface area contributed by atoms with E-state index in [4.69, 9.17) is 5.26 Å². The highest BCUT2D eigenvalue weighted by atomic mass is 16.1. The Morgan fingerprint density at radius 2 is 2.13 bits per heavy atom. The molecule has 1 aromatic rings. The molecule has 1 rings (SSSR count). The quantitative estimate of drug-likeness (QED) is 0.598. The van der Waals surface area contributed by atoms with Crippen molar-refractivity contribution < 1.29 is 4.79 Å². The van der Waals surface area contributed by atoms with Gasteiger partial charge in [-0.1, -0.05) is 25.1 Å². The Bertz CT molecular complexity index is 404. The SMILES string of the molecule is CCC(=O)C(C#N)=NNc1ccccc1. The minimum absolute atomic E-state index is 0.0960. The Balaban J connectivity index is 2.72. The van der Waals surface area contributed by atoms with Gasteiger partial charge in [-0.2, -0.15) is 10.4 Å². The summed E-state index contributed by atoms with van der Waals surface area (Å²) >= 11 is 0. The molecule has 0 spiro atoms. The fraction of sp³-hybridized carbons (Fsp3) is 0.182. The molecule has 0 atom stereocenters. The molecule has 0 aliphatic carbocycles. The second-order valence-corrected chi connectivity index (χ2v) is 2.83. The molecule has 0 radical (unpaired) electrons. The van der Waals surface area contributed by atoms with Crippen molar-refractivity contribution >= 4 is 17.2 Å². The molecule has 76 valence electrons. The summed E-state index contributed by atoms with van der Waals surface area (Å²) in [5, 5.41) is 12.4. The van der Waals surface area contributed by atoms with Crippen LogP contribution in [0.4, 0.5) is 5.69 Å². The zero-order chi connectivity index (χ0) is 11.1. The fourth-order valence-electron chi connectivity index (χ4n) is 0.950. The average Bonchev–Trinajstić information content (AvgIpc) is 2.31. The molecule has 1 N–H and O–H groups in total. The van der Waals surface area contributed by atoms with Gasteiger partial charge in [-0.3, -0.25) is 10.2 Å². The molecule has 0 heterocycles. The lowest BCUT2D eigenvalue weighted by Crippen LogP contribution is -2.12. The van der Waals surface area contributed by atoms with E-state index in [9.17, 15) is 4.79 Å². The van der Waals surface area contributed by atoms with Crippen LogP contribution in [-0.4, -0.2) is 11.5 Å². The van der Waals surface area contributed by atoms with E-state index in [0.717, 1.165) is 5.69 Å². The van der Waals surface area contributed by atoms with Crippen LogP contribution >= 0.6 is 0 Å². The third-order valence-corrected chi connectivity index (χ3v) is 1.76. The van der Waals surface area contributed by atoms with E-state index < -0.39 is 0 Å². The van der Waals surface area contributed by atoms with Gasteiger partial charge in [-0.05, 0) is 12.1 Å². The maximum absolute atomic E-state index is 11.2. The van der Waals surface area contributed by atoms with Crippen LogP contribution in [0.5, 0.6) is 0 Å². The third-order valence-electron chi connectivity index (χ3n) is 1.76. The molecule has 0 bridgehead atoms. The largest absolute Gasteiger partial charge is 0.292 e. The van der Waals surface area contributed by atoms with E-state index in [1.165, 1.54) is 0 Å². The van der Waals surface area contributed by atoms with E-state index in [2.05, 4.69) is 10.5 Å². The predicted octanol–water partition coefficient (Wildman–Crippen LogP) is 1.96. The van der Waals surface area contributed by atoms with Crippen molar-refractivity contribution in [1.82, 2.24) is 0 Å². The van der Waals surface area contributed by atoms with Crippen molar-refractivity contribution in [2.75, 3.05) is 5.43 Å². The Hall–Kier alpha value is -2.15. The van der Waals surface area contributed by atoms with Gasteiger partial charge in [0, 0.05) is 6.42 Å². The number of hydrogen-bond donors (Lipinski definition) is 1. The third kappa shape index (κ3) is 3.24. The number of nitrogens with zero attached hydrogens (tertiary/aromatic N) is 2. The number of nitriles is 1. The van der Waals surface area contributed by atoms with Crippen molar-refractivity contribution in [1.29, 1.82) is 5.26 Å². The monoisotopic (exact) mass is 201 g/mol. The average molecular weight is 201 g/mol. The van der Waals surface area contributed by atoms with Crippen molar-refractivity contribution in [3.05, 3.63) is 30.3 Å². The number of hydrogen-bond acceptors (Lipinski definition) is 4. The Labute approximate surface area is 88.2 Å². The molecule has 0 amide bonds. The first-order chi connectivity index (χ1) is 7.27. The smallest absolute Gasteiger partial charge is 0.203 e. The maximum atomic E-state index is 11.2. The van der Waals surface area contributed by atoms with Crippen LogP contribution in [0.3, 0.4) is 0 Å². The number of carbonyl (C=O) groups is 1. The number of carbonyl (C=O) groups excluding carboxylic acids is 1.